The Hall–Kier alpha value is -2.90. The molecule has 2 aromatic heterocycles. The third kappa shape index (κ3) is 3.01. The smallest absolute Gasteiger partial charge is 0.416 e. The second kappa shape index (κ2) is 5.38. The minimum atomic E-state index is -4.43. The molecule has 8 heteroatoms. The van der Waals surface area contributed by atoms with Crippen LogP contribution in [-0.4, -0.2) is 25.8 Å². The lowest BCUT2D eigenvalue weighted by atomic mass is 10.0. The Morgan fingerprint density at radius 2 is 1.96 bits per heavy atom. The first-order valence-corrected chi connectivity index (χ1v) is 6.55. The number of aromatic nitrogens is 3. The molecular weight excluding hydrogens is 311 g/mol. The van der Waals surface area contributed by atoms with Crippen LogP contribution in [0, 0.1) is 0 Å². The van der Waals surface area contributed by atoms with E-state index in [1.807, 2.05) is 0 Å². The van der Waals surface area contributed by atoms with Gasteiger partial charge in [0.15, 0.2) is 0 Å². The molecule has 0 aliphatic rings. The van der Waals surface area contributed by atoms with Crippen molar-refractivity contribution in [2.45, 2.75) is 12.7 Å². The zero-order valence-corrected chi connectivity index (χ0v) is 11.6. The minimum Gasteiger partial charge on any atom is -0.480 e. The molecule has 0 unspecified atom stereocenters. The van der Waals surface area contributed by atoms with Crippen molar-refractivity contribution in [3.8, 4) is 11.1 Å². The number of carboxylic acids is 1. The molecule has 1 aromatic carbocycles. The second-order valence-corrected chi connectivity index (χ2v) is 4.90. The average Bonchev–Trinajstić information content (AvgIpc) is 2.88. The number of hydrogen-bond acceptors (Lipinski definition) is 3. The first-order chi connectivity index (χ1) is 10.8. The Kier molecular flexibility index (Phi) is 3.51. The fourth-order valence-electron chi connectivity index (χ4n) is 2.24. The highest BCUT2D eigenvalue weighted by Crippen LogP contribution is 2.32. The second-order valence-electron chi connectivity index (χ2n) is 4.90. The van der Waals surface area contributed by atoms with Crippen LogP contribution in [0.25, 0.3) is 22.2 Å². The summed E-state index contributed by atoms with van der Waals surface area (Å²) in [7, 11) is 0. The van der Waals surface area contributed by atoms with Gasteiger partial charge in [0.1, 0.15) is 12.1 Å². The summed E-state index contributed by atoms with van der Waals surface area (Å²) in [5.74, 6) is -1.07. The van der Waals surface area contributed by atoms with Crippen LogP contribution in [0.4, 0.5) is 13.2 Å². The van der Waals surface area contributed by atoms with Gasteiger partial charge in [-0.3, -0.25) is 14.5 Å². The van der Waals surface area contributed by atoms with E-state index < -0.39 is 17.7 Å². The summed E-state index contributed by atoms with van der Waals surface area (Å²) in [6.45, 7) is -0.350. The van der Waals surface area contributed by atoms with Gasteiger partial charge in [0.25, 0.3) is 0 Å². The van der Waals surface area contributed by atoms with Crippen LogP contribution < -0.4 is 0 Å². The predicted octanol–water partition coefficient (Wildman–Crippen LogP) is 3.20. The van der Waals surface area contributed by atoms with Crippen molar-refractivity contribution in [2.24, 2.45) is 0 Å². The van der Waals surface area contributed by atoms with Crippen molar-refractivity contribution in [1.82, 2.24) is 14.8 Å². The van der Waals surface area contributed by atoms with Crippen LogP contribution in [0.15, 0.2) is 42.7 Å². The maximum Gasteiger partial charge on any atom is 0.416 e. The van der Waals surface area contributed by atoms with Gasteiger partial charge in [-0.05, 0) is 23.8 Å². The Bertz CT molecular complexity index is 887. The molecule has 0 atom stereocenters. The molecule has 3 rings (SSSR count). The van der Waals surface area contributed by atoms with E-state index in [0.29, 0.717) is 22.2 Å². The number of aliphatic carboxylic acids is 1. The number of carbonyl (C=O) groups is 1. The zero-order valence-electron chi connectivity index (χ0n) is 11.6. The standard InChI is InChI=1S/C15H10F3N3O2/c16-15(17,18)11-3-1-2-9(4-11)10-5-13-12(19-6-10)7-20-21(13)8-14(22)23/h1-7H,8H2,(H,22,23). The molecule has 5 nitrogen and oxygen atoms in total. The molecule has 3 aromatic rings. The summed E-state index contributed by atoms with van der Waals surface area (Å²) in [6, 6.07) is 6.45. The summed E-state index contributed by atoms with van der Waals surface area (Å²) < 4.78 is 39.6. The predicted molar refractivity (Wildman–Crippen MR) is 75.6 cm³/mol. The molecule has 2 heterocycles. The molecule has 0 spiro atoms. The molecule has 118 valence electrons. The highest BCUT2D eigenvalue weighted by molar-refractivity contribution is 5.81. The van der Waals surface area contributed by atoms with Gasteiger partial charge in [-0.1, -0.05) is 12.1 Å². The van der Waals surface area contributed by atoms with E-state index >= 15 is 0 Å². The van der Waals surface area contributed by atoms with Crippen LogP contribution in [0.3, 0.4) is 0 Å². The van der Waals surface area contributed by atoms with Gasteiger partial charge >= 0.3 is 12.1 Å². The van der Waals surface area contributed by atoms with Crippen LogP contribution in [0.5, 0.6) is 0 Å². The molecule has 0 fully saturated rings. The first-order valence-electron chi connectivity index (χ1n) is 6.55. The maximum absolute atomic E-state index is 12.8. The zero-order chi connectivity index (χ0) is 16.6. The summed E-state index contributed by atoms with van der Waals surface area (Å²) in [5, 5.41) is 12.8. The van der Waals surface area contributed by atoms with Gasteiger partial charge in [0, 0.05) is 11.8 Å². The lowest BCUT2D eigenvalue weighted by Crippen LogP contribution is -2.09. The lowest BCUT2D eigenvalue weighted by molar-refractivity contribution is -0.138. The number of nitrogens with zero attached hydrogens (tertiary/aromatic N) is 3. The van der Waals surface area contributed by atoms with Gasteiger partial charge in [0.2, 0.25) is 0 Å². The van der Waals surface area contributed by atoms with Crippen molar-refractivity contribution in [1.29, 1.82) is 0 Å². The third-order valence-corrected chi connectivity index (χ3v) is 3.30. The number of fused-ring (bicyclic) bond motifs is 1. The summed E-state index contributed by atoms with van der Waals surface area (Å²) >= 11 is 0. The molecule has 23 heavy (non-hydrogen) atoms. The normalized spacial score (nSPS) is 11.8. The SMILES string of the molecule is O=C(O)Cn1ncc2ncc(-c3cccc(C(F)(F)F)c3)cc21. The number of carboxylic acid groups (broad SMARTS) is 1. The van der Waals surface area contributed by atoms with Crippen molar-refractivity contribution >= 4 is 17.0 Å². The Morgan fingerprint density at radius 1 is 1.17 bits per heavy atom. The molecular formula is C15H10F3N3O2. The van der Waals surface area contributed by atoms with Gasteiger partial charge < -0.3 is 5.11 Å². The molecule has 0 amide bonds. The fourth-order valence-corrected chi connectivity index (χ4v) is 2.24. The Balaban J connectivity index is 2.08. The average molecular weight is 321 g/mol. The van der Waals surface area contributed by atoms with Crippen LogP contribution in [0.2, 0.25) is 0 Å². The quantitative estimate of drug-likeness (QED) is 0.804. The topological polar surface area (TPSA) is 68.0 Å². The van der Waals surface area contributed by atoms with E-state index in [9.17, 15) is 18.0 Å². The largest absolute Gasteiger partial charge is 0.480 e. The molecule has 0 saturated heterocycles. The monoisotopic (exact) mass is 321 g/mol. The van der Waals surface area contributed by atoms with Gasteiger partial charge in [-0.2, -0.15) is 18.3 Å². The molecule has 1 N–H and O–H groups in total. The molecule has 0 aliphatic carbocycles. The van der Waals surface area contributed by atoms with Gasteiger partial charge in [-0.15, -0.1) is 0 Å². The molecule has 0 aliphatic heterocycles. The number of halogens is 3. The Morgan fingerprint density at radius 3 is 2.65 bits per heavy atom. The molecule has 0 bridgehead atoms. The van der Waals surface area contributed by atoms with Crippen molar-refractivity contribution in [3.63, 3.8) is 0 Å². The lowest BCUT2D eigenvalue weighted by Gasteiger charge is -2.09. The van der Waals surface area contributed by atoms with E-state index in [1.165, 1.54) is 29.2 Å². The number of pyridine rings is 1. The molecule has 0 saturated carbocycles. The van der Waals surface area contributed by atoms with Crippen LogP contribution in [-0.2, 0) is 17.5 Å². The minimum absolute atomic E-state index is 0.345. The van der Waals surface area contributed by atoms with E-state index in [2.05, 4.69) is 10.1 Å². The van der Waals surface area contributed by atoms with Gasteiger partial charge in [0.05, 0.1) is 17.3 Å². The number of benzene rings is 1. The maximum atomic E-state index is 12.8. The van der Waals surface area contributed by atoms with Crippen LogP contribution >= 0.6 is 0 Å². The number of alkyl halides is 3. The Labute approximate surface area is 128 Å². The fraction of sp³-hybridized carbons (Fsp3) is 0.133. The van der Waals surface area contributed by atoms with E-state index in [1.54, 1.807) is 6.07 Å². The van der Waals surface area contributed by atoms with Crippen molar-refractivity contribution < 1.29 is 23.1 Å². The van der Waals surface area contributed by atoms with Gasteiger partial charge in [-0.25, -0.2) is 0 Å². The number of hydrogen-bond donors (Lipinski definition) is 1. The molecule has 0 radical (unpaired) electrons. The summed E-state index contributed by atoms with van der Waals surface area (Å²) in [6.07, 6.45) is -1.59. The first kappa shape index (κ1) is 15.0. The van der Waals surface area contributed by atoms with Crippen molar-refractivity contribution in [2.75, 3.05) is 0 Å². The highest BCUT2D eigenvalue weighted by atomic mass is 19.4. The summed E-state index contributed by atoms with van der Waals surface area (Å²) in [4.78, 5) is 14.9. The number of rotatable bonds is 3. The summed E-state index contributed by atoms with van der Waals surface area (Å²) in [5.41, 5.74) is 0.964. The van der Waals surface area contributed by atoms with E-state index in [0.717, 1.165) is 12.1 Å². The van der Waals surface area contributed by atoms with E-state index in [-0.39, 0.29) is 6.54 Å². The third-order valence-electron chi connectivity index (χ3n) is 3.30. The van der Waals surface area contributed by atoms with Crippen LogP contribution in [0.1, 0.15) is 5.56 Å². The highest BCUT2D eigenvalue weighted by Gasteiger charge is 2.30. The van der Waals surface area contributed by atoms with E-state index in [4.69, 9.17) is 5.11 Å². The van der Waals surface area contributed by atoms with Crippen molar-refractivity contribution in [3.05, 3.63) is 48.3 Å².